The van der Waals surface area contributed by atoms with Crippen molar-refractivity contribution in [1.82, 2.24) is 0 Å². The first-order valence-electron chi connectivity index (χ1n) is 5.13. The van der Waals surface area contributed by atoms with Crippen LogP contribution in [0.1, 0.15) is 27.7 Å². The van der Waals surface area contributed by atoms with E-state index in [1.54, 1.807) is 0 Å². The Hall–Kier alpha value is -0.335. The minimum Gasteiger partial charge on any atom is -0.469 e. The minimum absolute atomic E-state index is 0.0446. The molecule has 0 aliphatic heterocycles. The first kappa shape index (κ1) is 12.7. The summed E-state index contributed by atoms with van der Waals surface area (Å²) in [6.07, 6.45) is 1.04. The van der Waals surface area contributed by atoms with E-state index in [0.717, 1.165) is 20.7 Å². The fourth-order valence-corrected chi connectivity index (χ4v) is 1.22. The van der Waals surface area contributed by atoms with E-state index in [9.17, 15) is 4.79 Å². The van der Waals surface area contributed by atoms with Crippen LogP contribution in [0.25, 0.3) is 0 Å². The Bertz CT molecular complexity index is 165. The van der Waals surface area contributed by atoms with Crippen LogP contribution in [-0.4, -0.2) is 32.3 Å². The molecule has 13 heavy (non-hydrogen) atoms. The van der Waals surface area contributed by atoms with Crippen molar-refractivity contribution in [3.63, 3.8) is 0 Å². The molecular formula is C8H19B3O2. The monoisotopic (exact) mass is 180 g/mol. The van der Waals surface area contributed by atoms with Gasteiger partial charge in [0.05, 0.1) is 14.3 Å². The second kappa shape index (κ2) is 5.41. The Kier molecular flexibility index (Phi) is 5.27. The zero-order chi connectivity index (χ0) is 10.5. The Balaban J connectivity index is 4.06. The van der Waals surface area contributed by atoms with Crippen LogP contribution in [0.15, 0.2) is 0 Å². The summed E-state index contributed by atoms with van der Waals surface area (Å²) >= 11 is 0. The molecule has 2 nitrogen and oxygen atoms in total. The Morgan fingerprint density at radius 2 is 2.00 bits per heavy atom. The SMILES string of the molecule is CBB(BCC)C(=O)OC(C)(C)C. The molecular weight excluding hydrogens is 161 g/mol. The normalized spacial score (nSPS) is 10.5. The molecule has 0 rings (SSSR count). The first-order valence-corrected chi connectivity index (χ1v) is 5.13. The summed E-state index contributed by atoms with van der Waals surface area (Å²) in [5, 5.41) is 0. The van der Waals surface area contributed by atoms with Gasteiger partial charge >= 0.3 is 0 Å². The van der Waals surface area contributed by atoms with Crippen LogP contribution in [0.2, 0.25) is 13.1 Å². The second-order valence-electron chi connectivity index (χ2n) is 4.43. The highest BCUT2D eigenvalue weighted by molar-refractivity contribution is 7.50. The molecule has 0 aliphatic carbocycles. The van der Waals surface area contributed by atoms with Gasteiger partial charge in [0, 0.05) is 0 Å². The van der Waals surface area contributed by atoms with E-state index < -0.39 is 0 Å². The maximum Gasteiger partial charge on any atom is 0.235 e. The van der Waals surface area contributed by atoms with Crippen molar-refractivity contribution in [2.24, 2.45) is 0 Å². The summed E-state index contributed by atoms with van der Waals surface area (Å²) in [4.78, 5) is 11.6. The van der Waals surface area contributed by atoms with Gasteiger partial charge in [-0.05, 0) is 20.8 Å². The maximum atomic E-state index is 11.6. The van der Waals surface area contributed by atoms with Gasteiger partial charge in [0.1, 0.15) is 5.60 Å². The van der Waals surface area contributed by atoms with Crippen LogP contribution >= 0.6 is 0 Å². The molecule has 0 atom stereocenters. The summed E-state index contributed by atoms with van der Waals surface area (Å²) in [6, 6.07) is 0. The molecule has 0 amide bonds. The molecule has 0 aromatic rings. The highest BCUT2D eigenvalue weighted by Gasteiger charge is 2.26. The number of carbonyl (C=O) groups excluding carboxylic acids is 1. The third-order valence-corrected chi connectivity index (χ3v) is 1.87. The lowest BCUT2D eigenvalue weighted by atomic mass is 9.04. The van der Waals surface area contributed by atoms with Crippen molar-refractivity contribution in [2.75, 3.05) is 0 Å². The smallest absolute Gasteiger partial charge is 0.235 e. The van der Waals surface area contributed by atoms with E-state index in [1.165, 1.54) is 0 Å². The van der Waals surface area contributed by atoms with E-state index in [2.05, 4.69) is 6.92 Å². The van der Waals surface area contributed by atoms with Crippen LogP contribution in [0.4, 0.5) is 4.79 Å². The third kappa shape index (κ3) is 5.84. The number of hydrogen-bond acceptors (Lipinski definition) is 2. The lowest BCUT2D eigenvalue weighted by Gasteiger charge is -2.22. The van der Waals surface area contributed by atoms with Crippen molar-refractivity contribution in [3.8, 4) is 0 Å². The lowest BCUT2D eigenvalue weighted by Crippen LogP contribution is -2.42. The van der Waals surface area contributed by atoms with Crippen molar-refractivity contribution >= 4 is 26.7 Å². The molecule has 0 saturated carbocycles. The molecule has 5 heteroatoms. The topological polar surface area (TPSA) is 26.3 Å². The molecule has 0 N–H and O–H groups in total. The maximum absolute atomic E-state index is 11.6. The van der Waals surface area contributed by atoms with Gasteiger partial charge in [-0.2, -0.15) is 0 Å². The van der Waals surface area contributed by atoms with E-state index in [-0.39, 0.29) is 18.0 Å². The van der Waals surface area contributed by atoms with Gasteiger partial charge in [-0.15, -0.1) is 0 Å². The lowest BCUT2D eigenvalue weighted by molar-refractivity contribution is 0.0718. The van der Waals surface area contributed by atoms with E-state index in [4.69, 9.17) is 4.74 Å². The average molecular weight is 180 g/mol. The van der Waals surface area contributed by atoms with Gasteiger partial charge in [-0.25, -0.2) is 0 Å². The largest absolute Gasteiger partial charge is 0.469 e. The molecule has 0 heterocycles. The molecule has 0 aromatic carbocycles. The van der Waals surface area contributed by atoms with Crippen LogP contribution in [0.5, 0.6) is 0 Å². The number of ether oxygens (including phenoxy) is 1. The summed E-state index contributed by atoms with van der Waals surface area (Å²) in [6.45, 7) is 9.93. The van der Waals surface area contributed by atoms with Crippen molar-refractivity contribution < 1.29 is 9.53 Å². The zero-order valence-electron chi connectivity index (χ0n) is 9.52. The summed E-state index contributed by atoms with van der Waals surface area (Å²) in [5.41, 5.74) is -0.349. The van der Waals surface area contributed by atoms with Crippen LogP contribution in [0.3, 0.4) is 0 Å². The zero-order valence-corrected chi connectivity index (χ0v) is 9.52. The molecule has 0 saturated heterocycles. The molecule has 0 radical (unpaired) electrons. The van der Waals surface area contributed by atoms with Crippen LogP contribution in [0, 0.1) is 0 Å². The van der Waals surface area contributed by atoms with Crippen molar-refractivity contribution in [2.45, 2.75) is 46.4 Å². The Morgan fingerprint density at radius 1 is 1.46 bits per heavy atom. The van der Waals surface area contributed by atoms with E-state index >= 15 is 0 Å². The predicted octanol–water partition coefficient (Wildman–Crippen LogP) is 1.35. The minimum atomic E-state index is -0.349. The quantitative estimate of drug-likeness (QED) is 0.610. The van der Waals surface area contributed by atoms with Gasteiger partial charge in [-0.3, -0.25) is 4.79 Å². The van der Waals surface area contributed by atoms with Gasteiger partial charge in [0.25, 0.3) is 0 Å². The van der Waals surface area contributed by atoms with Crippen LogP contribution < -0.4 is 0 Å². The fraction of sp³-hybridized carbons (Fsp3) is 0.875. The summed E-state index contributed by atoms with van der Waals surface area (Å²) in [7, 11) is 1.81. The predicted molar refractivity (Wildman–Crippen MR) is 62.6 cm³/mol. The van der Waals surface area contributed by atoms with Gasteiger partial charge in [0.2, 0.25) is 12.4 Å². The highest BCUT2D eigenvalue weighted by Crippen LogP contribution is 2.08. The Labute approximate surface area is 83.3 Å². The molecule has 0 aromatic heterocycles. The molecule has 0 aliphatic rings. The molecule has 0 bridgehead atoms. The molecule has 72 valence electrons. The molecule has 0 fully saturated rings. The number of carbonyl (C=O) groups is 1. The Morgan fingerprint density at radius 3 is 2.31 bits per heavy atom. The highest BCUT2D eigenvalue weighted by atomic mass is 16.5. The summed E-state index contributed by atoms with van der Waals surface area (Å²) < 4.78 is 5.30. The molecule has 0 unspecified atom stereocenters. The second-order valence-corrected chi connectivity index (χ2v) is 4.43. The van der Waals surface area contributed by atoms with E-state index in [0.29, 0.717) is 0 Å². The van der Waals surface area contributed by atoms with Gasteiger partial charge < -0.3 is 4.74 Å². The average Bonchev–Trinajstić information content (AvgIpc) is 1.96. The third-order valence-electron chi connectivity index (χ3n) is 1.87. The standard InChI is InChI=1S/C8H19B3O2/c1-6-10-11(9-5)7(12)13-8(2,3)4/h9-10H,6H2,1-5H3. The van der Waals surface area contributed by atoms with Gasteiger partial charge in [0.15, 0.2) is 0 Å². The van der Waals surface area contributed by atoms with Crippen molar-refractivity contribution in [3.05, 3.63) is 0 Å². The van der Waals surface area contributed by atoms with Gasteiger partial charge in [-0.1, -0.05) is 20.1 Å². The fourth-order valence-electron chi connectivity index (χ4n) is 1.22. The summed E-state index contributed by atoms with van der Waals surface area (Å²) in [5.74, 6) is -0.0446. The first-order chi connectivity index (χ1) is 5.90. The number of rotatable bonds is 4. The molecule has 0 spiro atoms. The number of hydrogen-bond donors (Lipinski definition) is 0. The van der Waals surface area contributed by atoms with E-state index in [1.807, 2.05) is 27.6 Å². The van der Waals surface area contributed by atoms with Crippen molar-refractivity contribution in [1.29, 1.82) is 0 Å². The van der Waals surface area contributed by atoms with Crippen LogP contribution in [-0.2, 0) is 4.74 Å².